The van der Waals surface area contributed by atoms with Crippen molar-refractivity contribution in [3.05, 3.63) is 65.6 Å². The number of hydrogen-bond donors (Lipinski definition) is 0. The minimum absolute atomic E-state index is 0.114. The molecule has 2 atom stereocenters. The molecule has 0 bridgehead atoms. The summed E-state index contributed by atoms with van der Waals surface area (Å²) < 4.78 is 19.5. The maximum Gasteiger partial charge on any atom is 0.282 e. The molecule has 2 aliphatic heterocycles. The molecule has 2 aliphatic rings. The van der Waals surface area contributed by atoms with Crippen LogP contribution < -0.4 is 9.64 Å². The van der Waals surface area contributed by atoms with Gasteiger partial charge < -0.3 is 9.64 Å². The van der Waals surface area contributed by atoms with Crippen LogP contribution in [-0.2, 0) is 9.59 Å². The Hall–Kier alpha value is -3.15. The zero-order chi connectivity index (χ0) is 23.0. The van der Waals surface area contributed by atoms with E-state index in [1.807, 2.05) is 24.8 Å². The number of ether oxygens (including phenoxy) is 1. The molecule has 0 saturated carbocycles. The van der Waals surface area contributed by atoms with Crippen molar-refractivity contribution in [2.75, 3.05) is 18.0 Å². The molecule has 2 aromatic carbocycles. The average Bonchev–Trinajstić information content (AvgIpc) is 2.98. The lowest BCUT2D eigenvalue weighted by molar-refractivity contribution is -0.121. The number of carbonyl (C=O) groups is 2. The zero-order valence-corrected chi connectivity index (χ0v) is 19.0. The maximum absolute atomic E-state index is 13.8. The first-order valence-corrected chi connectivity index (χ1v) is 11.2. The Morgan fingerprint density at radius 2 is 1.56 bits per heavy atom. The molecule has 2 aromatic rings. The largest absolute Gasteiger partial charge is 0.489 e. The van der Waals surface area contributed by atoms with Crippen molar-refractivity contribution in [2.45, 2.75) is 40.2 Å². The molecule has 32 heavy (non-hydrogen) atoms. The Morgan fingerprint density at radius 1 is 0.938 bits per heavy atom. The fourth-order valence-electron chi connectivity index (χ4n) is 4.75. The lowest BCUT2D eigenvalue weighted by atomic mass is 9.91. The molecule has 6 heteroatoms. The van der Waals surface area contributed by atoms with Crippen molar-refractivity contribution in [3.8, 4) is 5.75 Å². The lowest BCUT2D eigenvalue weighted by Gasteiger charge is -2.37. The molecule has 0 N–H and O–H groups in total. The SMILES string of the molecule is CC1CC(C)CN(C2=C(c3ccc(F)cc3)C(=O)N(c3ccccc3OC(C)C)C2=O)C1. The van der Waals surface area contributed by atoms with E-state index in [2.05, 4.69) is 13.8 Å². The van der Waals surface area contributed by atoms with E-state index in [-0.39, 0.29) is 17.8 Å². The Kier molecular flexibility index (Phi) is 6.04. The number of rotatable bonds is 5. The number of piperidine rings is 1. The maximum atomic E-state index is 13.8. The number of nitrogens with zero attached hydrogens (tertiary/aromatic N) is 2. The van der Waals surface area contributed by atoms with E-state index in [1.165, 1.54) is 17.0 Å². The highest BCUT2D eigenvalue weighted by Gasteiger charge is 2.44. The number of halogens is 1. The van der Waals surface area contributed by atoms with E-state index in [4.69, 9.17) is 4.74 Å². The van der Waals surface area contributed by atoms with Crippen LogP contribution in [0.5, 0.6) is 5.75 Å². The number of anilines is 1. The predicted molar refractivity (Wildman–Crippen MR) is 123 cm³/mol. The summed E-state index contributed by atoms with van der Waals surface area (Å²) in [7, 11) is 0. The second-order valence-corrected chi connectivity index (χ2v) is 9.16. The van der Waals surface area contributed by atoms with Gasteiger partial charge in [-0.05, 0) is 61.9 Å². The molecule has 0 aliphatic carbocycles. The first-order valence-electron chi connectivity index (χ1n) is 11.2. The normalized spacial score (nSPS) is 21.7. The number of imide groups is 1. The zero-order valence-electron chi connectivity index (χ0n) is 19.0. The summed E-state index contributed by atoms with van der Waals surface area (Å²) in [6.45, 7) is 9.50. The van der Waals surface area contributed by atoms with Gasteiger partial charge in [0.2, 0.25) is 0 Å². The highest BCUT2D eigenvalue weighted by Crippen LogP contribution is 2.40. The van der Waals surface area contributed by atoms with E-state index in [1.54, 1.807) is 30.3 Å². The van der Waals surface area contributed by atoms with Crippen LogP contribution in [-0.4, -0.2) is 35.9 Å². The smallest absolute Gasteiger partial charge is 0.282 e. The van der Waals surface area contributed by atoms with E-state index in [9.17, 15) is 14.0 Å². The number of hydrogen-bond acceptors (Lipinski definition) is 4. The van der Waals surface area contributed by atoms with Gasteiger partial charge in [-0.1, -0.05) is 38.1 Å². The average molecular weight is 437 g/mol. The molecule has 0 spiro atoms. The van der Waals surface area contributed by atoms with Gasteiger partial charge in [0.25, 0.3) is 11.8 Å². The van der Waals surface area contributed by atoms with Crippen LogP contribution in [0.25, 0.3) is 5.57 Å². The molecule has 4 rings (SSSR count). The highest BCUT2D eigenvalue weighted by atomic mass is 19.1. The van der Waals surface area contributed by atoms with Crippen LogP contribution in [0.3, 0.4) is 0 Å². The van der Waals surface area contributed by atoms with Crippen molar-refractivity contribution in [3.63, 3.8) is 0 Å². The molecule has 1 fully saturated rings. The van der Waals surface area contributed by atoms with Gasteiger partial charge >= 0.3 is 0 Å². The first-order chi connectivity index (χ1) is 15.3. The van der Waals surface area contributed by atoms with Crippen LogP contribution in [0.1, 0.15) is 39.7 Å². The molecule has 1 saturated heterocycles. The Bertz CT molecular complexity index is 1050. The van der Waals surface area contributed by atoms with Gasteiger partial charge in [-0.3, -0.25) is 9.59 Å². The molecule has 0 radical (unpaired) electrons. The van der Waals surface area contributed by atoms with E-state index >= 15 is 0 Å². The minimum Gasteiger partial charge on any atom is -0.489 e. The lowest BCUT2D eigenvalue weighted by Crippen LogP contribution is -2.42. The molecular formula is C26H29FN2O3. The summed E-state index contributed by atoms with van der Waals surface area (Å²) in [6, 6.07) is 12.8. The van der Waals surface area contributed by atoms with Crippen molar-refractivity contribution < 1.29 is 18.7 Å². The molecule has 2 amide bonds. The second-order valence-electron chi connectivity index (χ2n) is 9.16. The summed E-state index contributed by atoms with van der Waals surface area (Å²) in [6.07, 6.45) is 0.962. The van der Waals surface area contributed by atoms with Crippen molar-refractivity contribution in [1.82, 2.24) is 4.90 Å². The van der Waals surface area contributed by atoms with Gasteiger partial charge in [-0.2, -0.15) is 0 Å². The van der Waals surface area contributed by atoms with Crippen molar-refractivity contribution in [2.24, 2.45) is 11.8 Å². The Balaban J connectivity index is 1.83. The van der Waals surface area contributed by atoms with E-state index in [0.717, 1.165) is 6.42 Å². The van der Waals surface area contributed by atoms with Gasteiger partial charge in [0.1, 0.15) is 17.3 Å². The molecule has 2 unspecified atom stereocenters. The summed E-state index contributed by atoms with van der Waals surface area (Å²) in [5.41, 5.74) is 1.66. The van der Waals surface area contributed by atoms with Crippen LogP contribution in [0.15, 0.2) is 54.2 Å². The van der Waals surface area contributed by atoms with E-state index < -0.39 is 5.91 Å². The molecule has 0 aromatic heterocycles. The third-order valence-electron chi connectivity index (χ3n) is 5.85. The molecular weight excluding hydrogens is 407 g/mol. The monoisotopic (exact) mass is 436 g/mol. The van der Waals surface area contributed by atoms with Crippen molar-refractivity contribution in [1.29, 1.82) is 0 Å². The topological polar surface area (TPSA) is 49.9 Å². The third-order valence-corrected chi connectivity index (χ3v) is 5.85. The molecule has 168 valence electrons. The number of carbonyl (C=O) groups excluding carboxylic acids is 2. The number of benzene rings is 2. The first kappa shape index (κ1) is 22.1. The standard InChI is InChI=1S/C26H29FN2O3/c1-16(2)32-22-8-6-5-7-21(22)29-25(30)23(19-9-11-20(27)12-10-19)24(26(29)31)28-14-17(3)13-18(4)15-28/h5-12,16-18H,13-15H2,1-4H3. The highest BCUT2D eigenvalue weighted by molar-refractivity contribution is 6.45. The van der Waals surface area contributed by atoms with Gasteiger partial charge in [0.15, 0.2) is 0 Å². The summed E-state index contributed by atoms with van der Waals surface area (Å²) in [5.74, 6) is 0.103. The van der Waals surface area contributed by atoms with Gasteiger partial charge in [0, 0.05) is 13.1 Å². The van der Waals surface area contributed by atoms with Gasteiger partial charge in [-0.15, -0.1) is 0 Å². The number of likely N-dealkylation sites (tertiary alicyclic amines) is 1. The fourth-order valence-corrected chi connectivity index (χ4v) is 4.75. The number of para-hydroxylation sites is 2. The van der Waals surface area contributed by atoms with Crippen molar-refractivity contribution >= 4 is 23.1 Å². The van der Waals surface area contributed by atoms with E-state index in [0.29, 0.717) is 53.2 Å². The van der Waals surface area contributed by atoms with Crippen LogP contribution in [0.2, 0.25) is 0 Å². The van der Waals surface area contributed by atoms with Crippen LogP contribution in [0.4, 0.5) is 10.1 Å². The minimum atomic E-state index is -0.415. The number of amides is 2. The quantitative estimate of drug-likeness (QED) is 0.627. The second kappa shape index (κ2) is 8.77. The van der Waals surface area contributed by atoms with Crippen LogP contribution >= 0.6 is 0 Å². The van der Waals surface area contributed by atoms with Gasteiger partial charge in [0.05, 0.1) is 17.4 Å². The van der Waals surface area contributed by atoms with Crippen LogP contribution in [0, 0.1) is 17.7 Å². The summed E-state index contributed by atoms with van der Waals surface area (Å²) in [4.78, 5) is 30.8. The Labute approximate surface area is 188 Å². The predicted octanol–water partition coefficient (Wildman–Crippen LogP) is 4.88. The van der Waals surface area contributed by atoms with Gasteiger partial charge in [-0.25, -0.2) is 9.29 Å². The summed E-state index contributed by atoms with van der Waals surface area (Å²) >= 11 is 0. The third kappa shape index (κ3) is 4.14. The molecule has 5 nitrogen and oxygen atoms in total. The summed E-state index contributed by atoms with van der Waals surface area (Å²) in [5, 5.41) is 0. The fraction of sp³-hybridized carbons (Fsp3) is 0.385. The molecule has 2 heterocycles. The Morgan fingerprint density at radius 3 is 2.19 bits per heavy atom.